The van der Waals surface area contributed by atoms with E-state index in [0.29, 0.717) is 18.8 Å². The van der Waals surface area contributed by atoms with Crippen molar-refractivity contribution in [2.45, 2.75) is 12.2 Å². The Kier molecular flexibility index (Phi) is 1.97. The molecule has 0 amide bonds. The minimum atomic E-state index is -0.453. The van der Waals surface area contributed by atoms with Gasteiger partial charge >= 0.3 is 5.69 Å². The van der Waals surface area contributed by atoms with Gasteiger partial charge in [0.1, 0.15) is 12.2 Å². The fraction of sp³-hybridized carbons (Fsp3) is 0.400. The van der Waals surface area contributed by atoms with Gasteiger partial charge in [-0.3, -0.25) is 10.1 Å². The molecule has 2 atom stereocenters. The summed E-state index contributed by atoms with van der Waals surface area (Å²) >= 11 is 0. The Hall–Kier alpha value is -1.82. The van der Waals surface area contributed by atoms with Gasteiger partial charge in [-0.15, -0.1) is 0 Å². The average molecular weight is 222 g/mol. The molecule has 2 aliphatic rings. The molecule has 0 saturated carbocycles. The Morgan fingerprint density at radius 2 is 2.06 bits per heavy atom. The Labute approximate surface area is 91.3 Å². The van der Waals surface area contributed by atoms with E-state index in [1.165, 1.54) is 6.07 Å². The molecule has 0 bridgehead atoms. The molecular weight excluding hydrogens is 212 g/mol. The predicted molar refractivity (Wildman–Crippen MR) is 54.8 cm³/mol. The number of nitro groups is 1. The number of nitrogens with one attached hydrogen (secondary N) is 1. The SMILES string of the molecule is O=[N+]([O-])c1cccc2c1O[C@H]1CNC[C@@H]1O2. The normalized spacial score (nSPS) is 26.2. The lowest BCUT2D eigenvalue weighted by molar-refractivity contribution is -0.386. The zero-order valence-corrected chi connectivity index (χ0v) is 8.38. The zero-order valence-electron chi connectivity index (χ0n) is 8.38. The van der Waals surface area contributed by atoms with Crippen LogP contribution in [0.15, 0.2) is 18.2 Å². The van der Waals surface area contributed by atoms with Crippen LogP contribution in [0, 0.1) is 10.1 Å². The van der Waals surface area contributed by atoms with E-state index in [4.69, 9.17) is 9.47 Å². The molecule has 16 heavy (non-hydrogen) atoms. The van der Waals surface area contributed by atoms with Crippen LogP contribution in [0.5, 0.6) is 11.5 Å². The summed E-state index contributed by atoms with van der Waals surface area (Å²) in [6.07, 6.45) is -0.178. The molecule has 1 N–H and O–H groups in total. The second-order valence-electron chi connectivity index (χ2n) is 3.83. The predicted octanol–water partition coefficient (Wildman–Crippen LogP) is 0.706. The van der Waals surface area contributed by atoms with Crippen molar-refractivity contribution in [1.82, 2.24) is 5.32 Å². The maximum atomic E-state index is 10.8. The number of hydrogen-bond donors (Lipinski definition) is 1. The summed E-state index contributed by atoms with van der Waals surface area (Å²) in [7, 11) is 0. The smallest absolute Gasteiger partial charge is 0.314 e. The molecule has 1 aromatic rings. The van der Waals surface area contributed by atoms with Crippen LogP contribution >= 0.6 is 0 Å². The van der Waals surface area contributed by atoms with Crippen LogP contribution in [-0.4, -0.2) is 30.2 Å². The van der Waals surface area contributed by atoms with Crippen molar-refractivity contribution >= 4 is 5.69 Å². The molecule has 6 heteroatoms. The molecule has 0 spiro atoms. The van der Waals surface area contributed by atoms with Crippen LogP contribution in [0.3, 0.4) is 0 Å². The molecule has 0 aromatic heterocycles. The Morgan fingerprint density at radius 1 is 1.31 bits per heavy atom. The summed E-state index contributed by atoms with van der Waals surface area (Å²) < 4.78 is 11.3. The van der Waals surface area contributed by atoms with E-state index >= 15 is 0 Å². The maximum Gasteiger partial charge on any atom is 0.314 e. The third-order valence-electron chi connectivity index (χ3n) is 2.81. The van der Waals surface area contributed by atoms with Gasteiger partial charge < -0.3 is 14.8 Å². The lowest BCUT2D eigenvalue weighted by atomic mass is 10.2. The van der Waals surface area contributed by atoms with E-state index in [2.05, 4.69) is 5.32 Å². The lowest BCUT2D eigenvalue weighted by Gasteiger charge is -2.28. The number of benzene rings is 1. The Balaban J connectivity index is 2.04. The van der Waals surface area contributed by atoms with Gasteiger partial charge in [-0.1, -0.05) is 6.07 Å². The quantitative estimate of drug-likeness (QED) is 0.559. The molecule has 3 rings (SSSR count). The zero-order chi connectivity index (χ0) is 11.1. The number of ether oxygens (including phenoxy) is 2. The number of fused-ring (bicyclic) bond motifs is 2. The first kappa shape index (κ1) is 9.41. The molecule has 0 radical (unpaired) electrons. The van der Waals surface area contributed by atoms with E-state index in [0.717, 1.165) is 0 Å². The number of nitro benzene ring substituents is 1. The fourth-order valence-electron chi connectivity index (χ4n) is 2.04. The van der Waals surface area contributed by atoms with Gasteiger partial charge in [0.05, 0.1) is 4.92 Å². The topological polar surface area (TPSA) is 73.6 Å². The Bertz CT molecular complexity index is 448. The second-order valence-corrected chi connectivity index (χ2v) is 3.83. The van der Waals surface area contributed by atoms with E-state index in [-0.39, 0.29) is 23.6 Å². The lowest BCUT2D eigenvalue weighted by Crippen LogP contribution is -2.38. The molecule has 2 heterocycles. The molecule has 0 unspecified atom stereocenters. The van der Waals surface area contributed by atoms with Gasteiger partial charge in [0.2, 0.25) is 5.75 Å². The van der Waals surface area contributed by atoms with Crippen LogP contribution in [0.2, 0.25) is 0 Å². The molecule has 1 fully saturated rings. The van der Waals surface area contributed by atoms with Crippen molar-refractivity contribution in [2.75, 3.05) is 13.1 Å². The third kappa shape index (κ3) is 1.30. The summed E-state index contributed by atoms with van der Waals surface area (Å²) in [4.78, 5) is 10.4. The summed E-state index contributed by atoms with van der Waals surface area (Å²) in [6, 6.07) is 4.71. The summed E-state index contributed by atoms with van der Waals surface area (Å²) in [5, 5.41) is 13.9. The monoisotopic (exact) mass is 222 g/mol. The van der Waals surface area contributed by atoms with Crippen LogP contribution in [0.25, 0.3) is 0 Å². The van der Waals surface area contributed by atoms with Crippen LogP contribution in [0.1, 0.15) is 0 Å². The average Bonchev–Trinajstić information content (AvgIpc) is 2.71. The standard InChI is InChI=1S/C10H10N2O4/c13-12(14)6-2-1-3-7-10(6)16-9-5-11-4-8(9)15-7/h1-3,8-9,11H,4-5H2/t8-,9-/m0/s1. The summed E-state index contributed by atoms with van der Waals surface area (Å²) in [5.41, 5.74) is -0.0390. The number of hydrogen-bond acceptors (Lipinski definition) is 5. The second kappa shape index (κ2) is 3.34. The molecule has 0 aliphatic carbocycles. The van der Waals surface area contributed by atoms with Crippen LogP contribution < -0.4 is 14.8 Å². The first-order valence-corrected chi connectivity index (χ1v) is 5.07. The van der Waals surface area contributed by atoms with Crippen molar-refractivity contribution in [3.8, 4) is 11.5 Å². The molecule has 1 saturated heterocycles. The highest BCUT2D eigenvalue weighted by molar-refractivity contribution is 5.56. The van der Waals surface area contributed by atoms with Gasteiger partial charge in [0.15, 0.2) is 5.75 Å². The minimum absolute atomic E-state index is 0.0390. The van der Waals surface area contributed by atoms with E-state index in [1.54, 1.807) is 12.1 Å². The third-order valence-corrected chi connectivity index (χ3v) is 2.81. The van der Waals surface area contributed by atoms with Crippen molar-refractivity contribution < 1.29 is 14.4 Å². The molecule has 84 valence electrons. The number of para-hydroxylation sites is 1. The highest BCUT2D eigenvalue weighted by atomic mass is 16.6. The van der Waals surface area contributed by atoms with Gasteiger partial charge in [0, 0.05) is 19.2 Å². The number of rotatable bonds is 1. The summed E-state index contributed by atoms with van der Waals surface area (Å²) in [5.74, 6) is 0.705. The Morgan fingerprint density at radius 3 is 2.81 bits per heavy atom. The van der Waals surface area contributed by atoms with Gasteiger partial charge in [-0.2, -0.15) is 0 Å². The highest BCUT2D eigenvalue weighted by Crippen LogP contribution is 2.41. The molecule has 6 nitrogen and oxygen atoms in total. The highest BCUT2D eigenvalue weighted by Gasteiger charge is 2.38. The molecule has 2 aliphatic heterocycles. The largest absolute Gasteiger partial charge is 0.481 e. The summed E-state index contributed by atoms with van der Waals surface area (Å²) in [6.45, 7) is 1.38. The van der Waals surface area contributed by atoms with Crippen molar-refractivity contribution in [2.24, 2.45) is 0 Å². The minimum Gasteiger partial charge on any atom is -0.481 e. The van der Waals surface area contributed by atoms with Gasteiger partial charge in [-0.25, -0.2) is 0 Å². The van der Waals surface area contributed by atoms with Crippen molar-refractivity contribution in [1.29, 1.82) is 0 Å². The van der Waals surface area contributed by atoms with E-state index in [1.807, 2.05) is 0 Å². The first-order valence-electron chi connectivity index (χ1n) is 5.07. The first-order chi connectivity index (χ1) is 7.75. The maximum absolute atomic E-state index is 10.8. The van der Waals surface area contributed by atoms with Crippen molar-refractivity contribution in [3.63, 3.8) is 0 Å². The van der Waals surface area contributed by atoms with Crippen molar-refractivity contribution in [3.05, 3.63) is 28.3 Å². The fourth-order valence-corrected chi connectivity index (χ4v) is 2.04. The van der Waals surface area contributed by atoms with E-state index < -0.39 is 4.92 Å². The van der Waals surface area contributed by atoms with E-state index in [9.17, 15) is 10.1 Å². The van der Waals surface area contributed by atoms with Gasteiger partial charge in [0.25, 0.3) is 0 Å². The molecule has 1 aromatic carbocycles. The van der Waals surface area contributed by atoms with Crippen LogP contribution in [-0.2, 0) is 0 Å². The van der Waals surface area contributed by atoms with Crippen LogP contribution in [0.4, 0.5) is 5.69 Å². The molecular formula is C10H10N2O4. The van der Waals surface area contributed by atoms with Gasteiger partial charge in [-0.05, 0) is 6.07 Å². The number of nitrogens with zero attached hydrogens (tertiary/aromatic N) is 1.